The summed E-state index contributed by atoms with van der Waals surface area (Å²) >= 11 is 0. The quantitative estimate of drug-likeness (QED) is 0.527. The maximum absolute atomic E-state index is 12.5. The molecule has 148 valence electrons. The summed E-state index contributed by atoms with van der Waals surface area (Å²) < 4.78 is 10.7. The first-order chi connectivity index (χ1) is 14.1. The number of oxazole rings is 1. The first-order valence-corrected chi connectivity index (χ1v) is 9.72. The van der Waals surface area contributed by atoms with Crippen molar-refractivity contribution in [1.29, 1.82) is 0 Å². The summed E-state index contributed by atoms with van der Waals surface area (Å²) in [6, 6.07) is 15.4. The van der Waals surface area contributed by atoms with E-state index in [-0.39, 0.29) is 11.9 Å². The van der Waals surface area contributed by atoms with Crippen LogP contribution in [0.25, 0.3) is 17.2 Å². The molecule has 1 amide bonds. The van der Waals surface area contributed by atoms with E-state index in [1.165, 1.54) is 17.7 Å². The van der Waals surface area contributed by atoms with Crippen LogP contribution in [0.1, 0.15) is 42.8 Å². The Labute approximate surface area is 168 Å². The van der Waals surface area contributed by atoms with Crippen LogP contribution in [0.4, 0.5) is 0 Å². The minimum atomic E-state index is -0.898. The molecule has 2 atom stereocenters. The molecule has 6 nitrogen and oxygen atoms in total. The fourth-order valence-corrected chi connectivity index (χ4v) is 3.56. The highest BCUT2D eigenvalue weighted by Crippen LogP contribution is 2.29. The Balaban J connectivity index is 1.34. The second-order valence-electron chi connectivity index (χ2n) is 7.08. The Morgan fingerprint density at radius 2 is 2.00 bits per heavy atom. The van der Waals surface area contributed by atoms with E-state index in [4.69, 9.17) is 9.15 Å². The first kappa shape index (κ1) is 18.9. The van der Waals surface area contributed by atoms with Gasteiger partial charge in [0.1, 0.15) is 5.52 Å². The van der Waals surface area contributed by atoms with Gasteiger partial charge >= 0.3 is 5.97 Å². The summed E-state index contributed by atoms with van der Waals surface area (Å²) in [6.45, 7) is 1.56. The van der Waals surface area contributed by atoms with E-state index in [2.05, 4.69) is 16.4 Å². The number of aromatic nitrogens is 1. The molecule has 0 saturated carbocycles. The third-order valence-electron chi connectivity index (χ3n) is 5.02. The van der Waals surface area contributed by atoms with Crippen molar-refractivity contribution >= 4 is 29.1 Å². The topological polar surface area (TPSA) is 81.4 Å². The fourth-order valence-electron chi connectivity index (χ4n) is 3.56. The summed E-state index contributed by atoms with van der Waals surface area (Å²) in [6.07, 6.45) is 4.66. The second-order valence-corrected chi connectivity index (χ2v) is 7.08. The van der Waals surface area contributed by atoms with E-state index in [0.29, 0.717) is 17.0 Å². The lowest BCUT2D eigenvalue weighted by Gasteiger charge is -2.27. The zero-order valence-electron chi connectivity index (χ0n) is 16.1. The van der Waals surface area contributed by atoms with Crippen LogP contribution in [-0.4, -0.2) is 23.0 Å². The number of hydrogen-bond acceptors (Lipinski definition) is 5. The number of esters is 1. The predicted molar refractivity (Wildman–Crippen MR) is 109 cm³/mol. The summed E-state index contributed by atoms with van der Waals surface area (Å²) in [4.78, 5) is 28.8. The van der Waals surface area contributed by atoms with Gasteiger partial charge in [-0.15, -0.1) is 0 Å². The standard InChI is InChI=1S/C23H22N2O4/c1-15(23(27)25-18-11-6-8-16-7-2-3-9-17(16)18)28-22(26)14-13-21-24-19-10-4-5-12-20(19)29-21/h2-5,7,9-10,12-15,18H,6,8,11H2,1H3,(H,25,27)/b14-13+/t15-,18-/m0/s1. The van der Waals surface area contributed by atoms with Crippen LogP contribution >= 0.6 is 0 Å². The van der Waals surface area contributed by atoms with Gasteiger partial charge in [0.15, 0.2) is 11.7 Å². The minimum Gasteiger partial charge on any atom is -0.449 e. The van der Waals surface area contributed by atoms with Gasteiger partial charge in [0.05, 0.1) is 6.04 Å². The number of benzene rings is 2. The molecule has 0 radical (unpaired) electrons. The zero-order chi connectivity index (χ0) is 20.2. The third-order valence-corrected chi connectivity index (χ3v) is 5.02. The van der Waals surface area contributed by atoms with Gasteiger partial charge in [0, 0.05) is 12.2 Å². The van der Waals surface area contributed by atoms with Gasteiger partial charge in [-0.3, -0.25) is 4.79 Å². The Bertz CT molecular complexity index is 1040. The molecule has 29 heavy (non-hydrogen) atoms. The number of amides is 1. The van der Waals surface area contributed by atoms with Gasteiger partial charge in [0.2, 0.25) is 5.89 Å². The summed E-state index contributed by atoms with van der Waals surface area (Å²) in [5.74, 6) is -0.631. The van der Waals surface area contributed by atoms with Crippen molar-refractivity contribution in [2.75, 3.05) is 0 Å². The van der Waals surface area contributed by atoms with Crippen molar-refractivity contribution in [3.05, 3.63) is 71.6 Å². The molecule has 0 spiro atoms. The normalized spacial score (nSPS) is 17.1. The van der Waals surface area contributed by atoms with Crippen LogP contribution in [0.3, 0.4) is 0 Å². The largest absolute Gasteiger partial charge is 0.449 e. The van der Waals surface area contributed by atoms with Crippen molar-refractivity contribution in [2.45, 2.75) is 38.3 Å². The molecule has 1 aliphatic rings. The molecule has 0 fully saturated rings. The average Bonchev–Trinajstić information content (AvgIpc) is 3.15. The lowest BCUT2D eigenvalue weighted by atomic mass is 9.87. The summed E-state index contributed by atoms with van der Waals surface area (Å²) in [5.41, 5.74) is 3.75. The van der Waals surface area contributed by atoms with Gasteiger partial charge in [-0.2, -0.15) is 0 Å². The highest BCUT2D eigenvalue weighted by atomic mass is 16.5. The average molecular weight is 390 g/mol. The number of nitrogens with zero attached hydrogens (tertiary/aromatic N) is 1. The number of nitrogens with one attached hydrogen (secondary N) is 1. The Kier molecular flexibility index (Phi) is 5.42. The Hall–Kier alpha value is -3.41. The smallest absolute Gasteiger partial charge is 0.331 e. The molecular weight excluding hydrogens is 368 g/mol. The molecule has 3 aromatic rings. The van der Waals surface area contributed by atoms with Crippen molar-refractivity contribution < 1.29 is 18.7 Å². The van der Waals surface area contributed by atoms with Crippen molar-refractivity contribution in [3.63, 3.8) is 0 Å². The van der Waals surface area contributed by atoms with Gasteiger partial charge in [-0.25, -0.2) is 9.78 Å². The maximum atomic E-state index is 12.5. The summed E-state index contributed by atoms with van der Waals surface area (Å²) in [7, 11) is 0. The van der Waals surface area contributed by atoms with E-state index in [0.717, 1.165) is 24.8 Å². The molecule has 6 heteroatoms. The molecule has 0 unspecified atom stereocenters. The van der Waals surface area contributed by atoms with Crippen molar-refractivity contribution in [3.8, 4) is 0 Å². The van der Waals surface area contributed by atoms with E-state index >= 15 is 0 Å². The molecule has 1 aromatic heterocycles. The van der Waals surface area contributed by atoms with Gasteiger partial charge in [-0.1, -0.05) is 36.4 Å². The van der Waals surface area contributed by atoms with Crippen LogP contribution in [0.2, 0.25) is 0 Å². The lowest BCUT2D eigenvalue weighted by molar-refractivity contribution is -0.150. The number of aryl methyl sites for hydroxylation is 1. The number of para-hydroxylation sites is 2. The molecule has 0 aliphatic heterocycles. The predicted octanol–water partition coefficient (Wildman–Crippen LogP) is 3.97. The van der Waals surface area contributed by atoms with E-state index in [1.807, 2.05) is 36.4 Å². The second kappa shape index (κ2) is 8.31. The fraction of sp³-hybridized carbons (Fsp3) is 0.261. The van der Waals surface area contributed by atoms with Gasteiger partial charge in [-0.05, 0) is 49.4 Å². The Morgan fingerprint density at radius 1 is 1.21 bits per heavy atom. The number of ether oxygens (including phenoxy) is 1. The van der Waals surface area contributed by atoms with E-state index in [9.17, 15) is 9.59 Å². The third kappa shape index (κ3) is 4.37. The number of rotatable bonds is 5. The maximum Gasteiger partial charge on any atom is 0.331 e. The molecule has 4 rings (SSSR count). The van der Waals surface area contributed by atoms with Crippen molar-refractivity contribution in [1.82, 2.24) is 10.3 Å². The molecule has 2 aromatic carbocycles. The van der Waals surface area contributed by atoms with Crippen LogP contribution in [-0.2, 0) is 20.7 Å². The lowest BCUT2D eigenvalue weighted by Crippen LogP contribution is -2.39. The van der Waals surface area contributed by atoms with Crippen LogP contribution < -0.4 is 5.32 Å². The Morgan fingerprint density at radius 3 is 2.86 bits per heavy atom. The number of carbonyl (C=O) groups is 2. The molecular formula is C23H22N2O4. The van der Waals surface area contributed by atoms with Gasteiger partial charge < -0.3 is 14.5 Å². The molecule has 0 bridgehead atoms. The van der Waals surface area contributed by atoms with E-state index in [1.54, 1.807) is 13.0 Å². The zero-order valence-corrected chi connectivity index (χ0v) is 16.1. The highest BCUT2D eigenvalue weighted by molar-refractivity contribution is 5.90. The number of fused-ring (bicyclic) bond motifs is 2. The monoisotopic (exact) mass is 390 g/mol. The molecule has 1 heterocycles. The van der Waals surface area contributed by atoms with Gasteiger partial charge in [0.25, 0.3) is 5.91 Å². The van der Waals surface area contributed by atoms with Crippen LogP contribution in [0, 0.1) is 0 Å². The molecule has 1 aliphatic carbocycles. The van der Waals surface area contributed by atoms with Crippen LogP contribution in [0.5, 0.6) is 0 Å². The first-order valence-electron chi connectivity index (χ1n) is 9.72. The number of carbonyl (C=O) groups excluding carboxylic acids is 2. The molecule has 1 N–H and O–H groups in total. The van der Waals surface area contributed by atoms with E-state index < -0.39 is 12.1 Å². The number of hydrogen-bond donors (Lipinski definition) is 1. The minimum absolute atomic E-state index is 0.0520. The SMILES string of the molecule is C[C@H](OC(=O)/C=C/c1nc2ccccc2o1)C(=O)N[C@H]1CCCc2ccccc21. The summed E-state index contributed by atoms with van der Waals surface area (Å²) in [5, 5.41) is 3.00. The highest BCUT2D eigenvalue weighted by Gasteiger charge is 2.24. The van der Waals surface area contributed by atoms with Crippen LogP contribution in [0.15, 0.2) is 59.0 Å². The molecule has 0 saturated heterocycles. The van der Waals surface area contributed by atoms with Crippen molar-refractivity contribution in [2.24, 2.45) is 0 Å².